The minimum atomic E-state index is 0.549. The number of aliphatic imine (C=N–C) groups is 1. The highest BCUT2D eigenvalue weighted by Crippen LogP contribution is 1.90. The van der Waals surface area contributed by atoms with Crippen LogP contribution in [-0.4, -0.2) is 24.5 Å². The van der Waals surface area contributed by atoms with Crippen LogP contribution in [0.5, 0.6) is 0 Å². The van der Waals surface area contributed by atoms with E-state index in [4.69, 9.17) is 5.73 Å². The molecule has 0 bridgehead atoms. The number of allylic oxidation sites excluding steroid dienone is 1. The van der Waals surface area contributed by atoms with E-state index in [-0.39, 0.29) is 0 Å². The van der Waals surface area contributed by atoms with Gasteiger partial charge in [0.2, 0.25) is 0 Å². The van der Waals surface area contributed by atoms with Gasteiger partial charge in [0.15, 0.2) is 0 Å². The Hall–Kier alpha value is -0.830. The zero-order valence-corrected chi connectivity index (χ0v) is 4.62. The molecule has 1 aliphatic heterocycles. The second kappa shape index (κ2) is 2.47. The van der Waals surface area contributed by atoms with E-state index in [1.165, 1.54) is 0 Å². The highest BCUT2D eigenvalue weighted by atomic mass is 15.2. The van der Waals surface area contributed by atoms with Gasteiger partial charge in [-0.1, -0.05) is 0 Å². The van der Waals surface area contributed by atoms with Gasteiger partial charge in [0, 0.05) is 12.4 Å². The van der Waals surface area contributed by atoms with E-state index >= 15 is 0 Å². The van der Waals surface area contributed by atoms with E-state index in [1.807, 2.05) is 17.2 Å². The first-order chi connectivity index (χ1) is 3.93. The Bertz CT molecular complexity index is 117. The maximum Gasteiger partial charge on any atom is 0.110 e. The Kier molecular flexibility index (Phi) is 1.64. The van der Waals surface area contributed by atoms with Crippen LogP contribution in [0.15, 0.2) is 17.3 Å². The van der Waals surface area contributed by atoms with E-state index in [2.05, 4.69) is 4.99 Å². The zero-order valence-electron chi connectivity index (χ0n) is 4.62. The van der Waals surface area contributed by atoms with Gasteiger partial charge in [-0.05, 0) is 6.08 Å². The van der Waals surface area contributed by atoms with Crippen LogP contribution in [0.1, 0.15) is 0 Å². The van der Waals surface area contributed by atoms with Crippen molar-refractivity contribution in [3.05, 3.63) is 12.3 Å². The molecule has 1 rings (SSSR count). The molecule has 0 saturated heterocycles. The number of nitrogens with zero attached hydrogens (tertiary/aromatic N) is 2. The molecule has 3 nitrogen and oxygen atoms in total. The Morgan fingerprint density at radius 2 is 2.62 bits per heavy atom. The Morgan fingerprint density at radius 3 is 3.00 bits per heavy atom. The minimum absolute atomic E-state index is 0.549. The Balaban J connectivity index is 2.40. The fourth-order valence-corrected chi connectivity index (χ4v) is 0.539. The van der Waals surface area contributed by atoms with E-state index in [9.17, 15) is 0 Å². The molecule has 0 spiro atoms. The Morgan fingerprint density at radius 1 is 1.75 bits per heavy atom. The normalized spacial score (nSPS) is 17.4. The molecule has 2 N–H and O–H groups in total. The number of nitrogens with two attached hydrogens (primary N) is 1. The zero-order chi connectivity index (χ0) is 5.82. The van der Waals surface area contributed by atoms with Crippen molar-refractivity contribution in [2.24, 2.45) is 10.7 Å². The van der Waals surface area contributed by atoms with Crippen LogP contribution >= 0.6 is 0 Å². The van der Waals surface area contributed by atoms with Crippen molar-refractivity contribution < 1.29 is 0 Å². The molecule has 0 saturated carbocycles. The topological polar surface area (TPSA) is 41.6 Å². The highest BCUT2D eigenvalue weighted by Gasteiger charge is 1.92. The smallest absolute Gasteiger partial charge is 0.110 e. The predicted octanol–water partition coefficient (Wildman–Crippen LogP) is -0.240. The molecule has 0 aromatic rings. The largest absolute Gasteiger partial charge is 0.346 e. The third-order valence-corrected chi connectivity index (χ3v) is 0.986. The summed E-state index contributed by atoms with van der Waals surface area (Å²) >= 11 is 0. The minimum Gasteiger partial charge on any atom is -0.346 e. The summed E-state index contributed by atoms with van der Waals surface area (Å²) in [6.07, 6.45) is 5.56. The highest BCUT2D eigenvalue weighted by molar-refractivity contribution is 5.71. The lowest BCUT2D eigenvalue weighted by Crippen LogP contribution is -2.26. The standard InChI is InChI=1S/C5H9N3/c6-4-8-3-1-2-7-5-8/h1-3H,4-6H2. The average Bonchev–Trinajstić information content (AvgIpc) is 1.90. The number of hydrogen-bond donors (Lipinski definition) is 1. The summed E-state index contributed by atoms with van der Waals surface area (Å²) in [6, 6.07) is 0. The van der Waals surface area contributed by atoms with Crippen molar-refractivity contribution in [1.29, 1.82) is 0 Å². The van der Waals surface area contributed by atoms with Crippen LogP contribution in [0, 0.1) is 0 Å². The first kappa shape index (κ1) is 5.31. The first-order valence-corrected chi connectivity index (χ1v) is 2.54. The third kappa shape index (κ3) is 1.07. The summed E-state index contributed by atoms with van der Waals surface area (Å²) in [6.45, 7) is 1.25. The van der Waals surface area contributed by atoms with E-state index in [1.54, 1.807) is 6.21 Å². The second-order valence-electron chi connectivity index (χ2n) is 1.59. The van der Waals surface area contributed by atoms with Crippen molar-refractivity contribution in [2.75, 3.05) is 13.3 Å². The van der Waals surface area contributed by atoms with E-state index in [0.717, 1.165) is 0 Å². The van der Waals surface area contributed by atoms with Crippen molar-refractivity contribution in [3.63, 3.8) is 0 Å². The molecule has 0 amide bonds. The lowest BCUT2D eigenvalue weighted by molar-refractivity contribution is 0.398. The van der Waals surface area contributed by atoms with Crippen LogP contribution in [0.3, 0.4) is 0 Å². The van der Waals surface area contributed by atoms with Gasteiger partial charge in [0.05, 0.1) is 6.67 Å². The van der Waals surface area contributed by atoms with Crippen LogP contribution in [0.2, 0.25) is 0 Å². The molecule has 0 fully saturated rings. The number of hydrogen-bond acceptors (Lipinski definition) is 3. The Labute approximate surface area is 48.5 Å². The van der Waals surface area contributed by atoms with Gasteiger partial charge < -0.3 is 10.6 Å². The van der Waals surface area contributed by atoms with Gasteiger partial charge in [-0.25, -0.2) is 0 Å². The monoisotopic (exact) mass is 111 g/mol. The fraction of sp³-hybridized carbons (Fsp3) is 0.400. The molecule has 44 valence electrons. The van der Waals surface area contributed by atoms with Crippen LogP contribution in [0.25, 0.3) is 0 Å². The summed E-state index contributed by atoms with van der Waals surface area (Å²) < 4.78 is 0. The predicted molar refractivity (Wildman–Crippen MR) is 33.4 cm³/mol. The molecule has 0 aromatic heterocycles. The van der Waals surface area contributed by atoms with Gasteiger partial charge in [0.1, 0.15) is 6.67 Å². The SMILES string of the molecule is NCN1C=CC=NC1. The summed E-state index contributed by atoms with van der Waals surface area (Å²) in [4.78, 5) is 5.88. The third-order valence-electron chi connectivity index (χ3n) is 0.986. The molecule has 0 aliphatic carbocycles. The summed E-state index contributed by atoms with van der Waals surface area (Å²) in [7, 11) is 0. The van der Waals surface area contributed by atoms with Crippen molar-refractivity contribution in [2.45, 2.75) is 0 Å². The molecule has 1 heterocycles. The van der Waals surface area contributed by atoms with Crippen LogP contribution < -0.4 is 5.73 Å². The van der Waals surface area contributed by atoms with Crippen LogP contribution in [-0.2, 0) is 0 Å². The number of rotatable bonds is 1. The summed E-state index contributed by atoms with van der Waals surface area (Å²) in [5.74, 6) is 0. The maximum absolute atomic E-state index is 5.30. The maximum atomic E-state index is 5.30. The molecule has 0 aromatic carbocycles. The molecular weight excluding hydrogens is 102 g/mol. The molecular formula is C5H9N3. The molecule has 0 atom stereocenters. The van der Waals surface area contributed by atoms with Gasteiger partial charge in [-0.2, -0.15) is 0 Å². The van der Waals surface area contributed by atoms with Crippen molar-refractivity contribution in [3.8, 4) is 0 Å². The van der Waals surface area contributed by atoms with Gasteiger partial charge in [-0.15, -0.1) is 0 Å². The van der Waals surface area contributed by atoms with E-state index in [0.29, 0.717) is 13.3 Å². The second-order valence-corrected chi connectivity index (χ2v) is 1.59. The summed E-state index contributed by atoms with van der Waals surface area (Å²) in [5, 5.41) is 0. The quantitative estimate of drug-likeness (QED) is 0.507. The lowest BCUT2D eigenvalue weighted by Gasteiger charge is -2.15. The van der Waals surface area contributed by atoms with E-state index < -0.39 is 0 Å². The van der Waals surface area contributed by atoms with Gasteiger partial charge >= 0.3 is 0 Å². The van der Waals surface area contributed by atoms with Crippen LogP contribution in [0.4, 0.5) is 0 Å². The average molecular weight is 111 g/mol. The lowest BCUT2D eigenvalue weighted by atomic mass is 10.5. The molecule has 0 radical (unpaired) electrons. The van der Waals surface area contributed by atoms with Crippen molar-refractivity contribution >= 4 is 6.21 Å². The molecule has 8 heavy (non-hydrogen) atoms. The summed E-state index contributed by atoms with van der Waals surface area (Å²) in [5.41, 5.74) is 5.30. The van der Waals surface area contributed by atoms with Crippen molar-refractivity contribution in [1.82, 2.24) is 4.90 Å². The molecule has 0 unspecified atom stereocenters. The molecule has 1 aliphatic rings. The molecule has 3 heteroatoms. The van der Waals surface area contributed by atoms with Gasteiger partial charge in [-0.3, -0.25) is 4.99 Å². The van der Waals surface area contributed by atoms with Gasteiger partial charge in [0.25, 0.3) is 0 Å². The first-order valence-electron chi connectivity index (χ1n) is 2.54. The fourth-order valence-electron chi connectivity index (χ4n) is 0.539.